The predicted molar refractivity (Wildman–Crippen MR) is 120 cm³/mol. The Morgan fingerprint density at radius 1 is 0.935 bits per heavy atom. The topological polar surface area (TPSA) is 58.5 Å². The third-order valence-electron chi connectivity index (χ3n) is 5.27. The van der Waals surface area contributed by atoms with Crippen molar-refractivity contribution in [3.63, 3.8) is 0 Å². The molecule has 4 aromatic rings. The number of hydrazone groups is 1. The van der Waals surface area contributed by atoms with Gasteiger partial charge < -0.3 is 0 Å². The first-order valence-corrected chi connectivity index (χ1v) is 10.5. The molecule has 31 heavy (non-hydrogen) atoms. The third kappa shape index (κ3) is 3.84. The molecule has 0 bridgehead atoms. The monoisotopic (exact) mass is 474 g/mol. The maximum Gasteiger partial charge on any atom is 0.274 e. The van der Waals surface area contributed by atoms with E-state index in [0.717, 1.165) is 26.8 Å². The van der Waals surface area contributed by atoms with E-state index in [4.69, 9.17) is 0 Å². The molecule has 0 N–H and O–H groups in total. The number of carbonyl (C=O) groups excluding carboxylic acids is 1. The molecule has 1 unspecified atom stereocenters. The molecule has 2 heterocycles. The van der Waals surface area contributed by atoms with Crippen LogP contribution in [0.5, 0.6) is 0 Å². The van der Waals surface area contributed by atoms with Gasteiger partial charge in [0.25, 0.3) is 5.91 Å². The maximum atomic E-state index is 13.5. The summed E-state index contributed by atoms with van der Waals surface area (Å²) in [5.74, 6) is -0.533. The highest BCUT2D eigenvalue weighted by Gasteiger charge is 2.33. The van der Waals surface area contributed by atoms with Crippen LogP contribution in [0.3, 0.4) is 0 Å². The smallest absolute Gasteiger partial charge is 0.267 e. The molecule has 1 amide bonds. The van der Waals surface area contributed by atoms with Crippen molar-refractivity contribution in [1.29, 1.82) is 0 Å². The molecule has 1 aliphatic heterocycles. The molecule has 1 aliphatic rings. The first kappa shape index (κ1) is 19.5. The Morgan fingerprint density at radius 3 is 2.39 bits per heavy atom. The second-order valence-electron chi connectivity index (χ2n) is 7.23. The molecular weight excluding hydrogens is 459 g/mol. The van der Waals surface area contributed by atoms with Gasteiger partial charge in [0, 0.05) is 28.9 Å². The van der Waals surface area contributed by atoms with Gasteiger partial charge in [0.2, 0.25) is 0 Å². The van der Waals surface area contributed by atoms with Gasteiger partial charge >= 0.3 is 0 Å². The quantitative estimate of drug-likeness (QED) is 0.392. The normalized spacial score (nSPS) is 15.9. The SMILES string of the molecule is O=C(c1ccc2nccnc2c1)N1N=C(c2ccc(F)cc2)CC1c1ccc(Br)cc1. The van der Waals surface area contributed by atoms with Crippen molar-refractivity contribution < 1.29 is 9.18 Å². The zero-order valence-corrected chi connectivity index (χ0v) is 17.8. The molecule has 0 saturated heterocycles. The summed E-state index contributed by atoms with van der Waals surface area (Å²) in [5.41, 5.74) is 4.36. The number of nitrogens with zero attached hydrogens (tertiary/aromatic N) is 4. The largest absolute Gasteiger partial charge is 0.274 e. The van der Waals surface area contributed by atoms with Gasteiger partial charge in [0.05, 0.1) is 22.8 Å². The lowest BCUT2D eigenvalue weighted by Gasteiger charge is -2.22. The molecule has 0 radical (unpaired) electrons. The van der Waals surface area contributed by atoms with Crippen LogP contribution < -0.4 is 0 Å². The van der Waals surface area contributed by atoms with E-state index in [-0.39, 0.29) is 17.8 Å². The van der Waals surface area contributed by atoms with Crippen molar-refractivity contribution >= 4 is 38.6 Å². The van der Waals surface area contributed by atoms with E-state index in [1.807, 2.05) is 24.3 Å². The summed E-state index contributed by atoms with van der Waals surface area (Å²) in [6.45, 7) is 0. The van der Waals surface area contributed by atoms with Gasteiger partial charge in [-0.3, -0.25) is 14.8 Å². The average Bonchev–Trinajstić information content (AvgIpc) is 3.24. The standard InChI is InChI=1S/C24H16BrFN4O/c25-18-6-1-16(2-7-18)23-14-21(15-3-8-19(26)9-4-15)29-30(23)24(31)17-5-10-20-22(13-17)28-12-11-27-20/h1-13,23H,14H2. The van der Waals surface area contributed by atoms with Gasteiger partial charge in [0.15, 0.2) is 0 Å². The third-order valence-corrected chi connectivity index (χ3v) is 5.80. The van der Waals surface area contributed by atoms with Crippen LogP contribution in [-0.2, 0) is 0 Å². The number of fused-ring (bicyclic) bond motifs is 1. The number of hydrogen-bond acceptors (Lipinski definition) is 4. The Kier molecular flexibility index (Phi) is 5.03. The van der Waals surface area contributed by atoms with Crippen molar-refractivity contribution in [2.45, 2.75) is 12.5 Å². The molecular formula is C24H16BrFN4O. The summed E-state index contributed by atoms with van der Waals surface area (Å²) < 4.78 is 14.3. The summed E-state index contributed by atoms with van der Waals surface area (Å²) >= 11 is 3.46. The molecule has 0 spiro atoms. The van der Waals surface area contributed by atoms with Gasteiger partial charge in [0.1, 0.15) is 5.82 Å². The van der Waals surface area contributed by atoms with E-state index in [9.17, 15) is 9.18 Å². The number of halogens is 2. The summed E-state index contributed by atoms with van der Waals surface area (Å²) in [6, 6.07) is 19.0. The van der Waals surface area contributed by atoms with Gasteiger partial charge in [-0.15, -0.1) is 0 Å². The minimum Gasteiger partial charge on any atom is -0.267 e. The fourth-order valence-electron chi connectivity index (χ4n) is 3.69. The Bertz CT molecular complexity index is 1310. The highest BCUT2D eigenvalue weighted by molar-refractivity contribution is 9.10. The highest BCUT2D eigenvalue weighted by atomic mass is 79.9. The number of aromatic nitrogens is 2. The molecule has 7 heteroatoms. The van der Waals surface area contributed by atoms with Crippen LogP contribution in [-0.4, -0.2) is 26.6 Å². The van der Waals surface area contributed by atoms with Crippen LogP contribution in [0, 0.1) is 5.82 Å². The molecule has 0 fully saturated rings. The predicted octanol–water partition coefficient (Wildman–Crippen LogP) is 5.52. The molecule has 152 valence electrons. The Morgan fingerprint density at radius 2 is 1.65 bits per heavy atom. The number of rotatable bonds is 3. The minimum atomic E-state index is -0.308. The van der Waals surface area contributed by atoms with E-state index in [2.05, 4.69) is 31.0 Å². The Labute approximate surface area is 186 Å². The molecule has 0 saturated carbocycles. The second kappa shape index (κ2) is 8.00. The Balaban J connectivity index is 1.55. The number of benzene rings is 3. The van der Waals surface area contributed by atoms with Crippen LogP contribution in [0.1, 0.15) is 33.9 Å². The lowest BCUT2D eigenvalue weighted by atomic mass is 9.98. The Hall–Kier alpha value is -3.45. The van der Waals surface area contributed by atoms with Gasteiger partial charge in [-0.2, -0.15) is 5.10 Å². The lowest BCUT2D eigenvalue weighted by Crippen LogP contribution is -2.27. The van der Waals surface area contributed by atoms with Gasteiger partial charge in [-0.05, 0) is 53.6 Å². The fraction of sp³-hybridized carbons (Fsp3) is 0.0833. The van der Waals surface area contributed by atoms with Crippen LogP contribution in [0.15, 0.2) is 88.7 Å². The van der Waals surface area contributed by atoms with Crippen molar-refractivity contribution in [2.75, 3.05) is 0 Å². The lowest BCUT2D eigenvalue weighted by molar-refractivity contribution is 0.0711. The first-order chi connectivity index (χ1) is 15.1. The van der Waals surface area contributed by atoms with E-state index in [0.29, 0.717) is 17.5 Å². The number of hydrogen-bond donors (Lipinski definition) is 0. The van der Waals surface area contributed by atoms with Crippen molar-refractivity contribution in [3.8, 4) is 0 Å². The van der Waals surface area contributed by atoms with Crippen LogP contribution in [0.25, 0.3) is 11.0 Å². The van der Waals surface area contributed by atoms with Crippen LogP contribution in [0.4, 0.5) is 4.39 Å². The second-order valence-corrected chi connectivity index (χ2v) is 8.15. The van der Waals surface area contributed by atoms with E-state index < -0.39 is 0 Å². The molecule has 0 aliphatic carbocycles. The van der Waals surface area contributed by atoms with Gasteiger partial charge in [-0.1, -0.05) is 40.2 Å². The zero-order chi connectivity index (χ0) is 21.4. The van der Waals surface area contributed by atoms with Crippen molar-refractivity contribution in [3.05, 3.63) is 106 Å². The zero-order valence-electron chi connectivity index (χ0n) is 16.2. The van der Waals surface area contributed by atoms with Gasteiger partial charge in [-0.25, -0.2) is 9.40 Å². The number of carbonyl (C=O) groups is 1. The maximum absolute atomic E-state index is 13.5. The van der Waals surface area contributed by atoms with Crippen molar-refractivity contribution in [2.24, 2.45) is 5.10 Å². The molecule has 3 aromatic carbocycles. The molecule has 5 rings (SSSR count). The first-order valence-electron chi connectivity index (χ1n) is 9.72. The van der Waals surface area contributed by atoms with Crippen molar-refractivity contribution in [1.82, 2.24) is 15.0 Å². The highest BCUT2D eigenvalue weighted by Crippen LogP contribution is 2.34. The summed E-state index contributed by atoms with van der Waals surface area (Å²) in [6.07, 6.45) is 3.75. The summed E-state index contributed by atoms with van der Waals surface area (Å²) in [5, 5.41) is 6.17. The molecule has 1 atom stereocenters. The van der Waals surface area contributed by atoms with Crippen LogP contribution in [0.2, 0.25) is 0 Å². The number of amides is 1. The molecule has 1 aromatic heterocycles. The van der Waals surface area contributed by atoms with Crippen LogP contribution >= 0.6 is 15.9 Å². The fourth-order valence-corrected chi connectivity index (χ4v) is 3.95. The van der Waals surface area contributed by atoms with E-state index in [1.165, 1.54) is 17.1 Å². The summed E-state index contributed by atoms with van der Waals surface area (Å²) in [4.78, 5) is 22.0. The summed E-state index contributed by atoms with van der Waals surface area (Å²) in [7, 11) is 0. The molecule has 5 nitrogen and oxygen atoms in total. The van der Waals surface area contributed by atoms with E-state index in [1.54, 1.807) is 42.7 Å². The average molecular weight is 475 g/mol. The van der Waals surface area contributed by atoms with E-state index >= 15 is 0 Å². The minimum absolute atomic E-state index is 0.224.